The molecule has 1 aliphatic carbocycles. The van der Waals surface area contributed by atoms with Crippen molar-refractivity contribution in [2.24, 2.45) is 5.92 Å². The molecule has 6 nitrogen and oxygen atoms in total. The van der Waals surface area contributed by atoms with Crippen LogP contribution in [0.1, 0.15) is 23.7 Å². The van der Waals surface area contributed by atoms with Crippen LogP contribution in [0.2, 0.25) is 0 Å². The summed E-state index contributed by atoms with van der Waals surface area (Å²) in [6.07, 6.45) is 1.85. The molecule has 1 aliphatic heterocycles. The summed E-state index contributed by atoms with van der Waals surface area (Å²) in [5.74, 6) is -1.81. The van der Waals surface area contributed by atoms with Crippen molar-refractivity contribution in [1.82, 2.24) is 10.3 Å². The SMILES string of the molecule is C=CC1(O)C2NCCC1[C@](CO)(C(=O)O)c1[nH]c3ccccc3c12. The first kappa shape index (κ1) is 15.4. The highest BCUT2D eigenvalue weighted by atomic mass is 16.4. The van der Waals surface area contributed by atoms with Crippen molar-refractivity contribution < 1.29 is 20.1 Å². The van der Waals surface area contributed by atoms with Crippen LogP contribution in [-0.4, -0.2) is 45.0 Å². The predicted molar refractivity (Wildman–Crippen MR) is 88.7 cm³/mol. The van der Waals surface area contributed by atoms with Crippen molar-refractivity contribution in [2.75, 3.05) is 13.2 Å². The number of hydrogen-bond acceptors (Lipinski definition) is 4. The molecule has 24 heavy (non-hydrogen) atoms. The molecule has 3 unspecified atom stereocenters. The summed E-state index contributed by atoms with van der Waals surface area (Å²) in [5.41, 5.74) is -1.05. The average molecular weight is 328 g/mol. The minimum Gasteiger partial charge on any atom is -0.480 e. The van der Waals surface area contributed by atoms with E-state index in [2.05, 4.69) is 16.9 Å². The smallest absolute Gasteiger partial charge is 0.318 e. The summed E-state index contributed by atoms with van der Waals surface area (Å²) in [4.78, 5) is 15.5. The van der Waals surface area contributed by atoms with Gasteiger partial charge in [-0.25, -0.2) is 0 Å². The van der Waals surface area contributed by atoms with Gasteiger partial charge >= 0.3 is 5.97 Å². The average Bonchev–Trinajstić information content (AvgIpc) is 2.95. The van der Waals surface area contributed by atoms with Crippen molar-refractivity contribution in [1.29, 1.82) is 0 Å². The topological polar surface area (TPSA) is 106 Å². The van der Waals surface area contributed by atoms with Crippen LogP contribution in [0.4, 0.5) is 0 Å². The van der Waals surface area contributed by atoms with Crippen LogP contribution >= 0.6 is 0 Å². The molecular formula is C18H20N2O4. The molecule has 6 heteroatoms. The second kappa shape index (κ2) is 4.92. The molecule has 4 rings (SSSR count). The number of benzene rings is 1. The van der Waals surface area contributed by atoms with Gasteiger partial charge in [0.15, 0.2) is 0 Å². The number of para-hydroxylation sites is 1. The maximum absolute atomic E-state index is 12.3. The number of aromatic nitrogens is 1. The maximum Gasteiger partial charge on any atom is 0.318 e. The van der Waals surface area contributed by atoms with Gasteiger partial charge in [0.25, 0.3) is 0 Å². The highest BCUT2D eigenvalue weighted by Crippen LogP contribution is 2.56. The Morgan fingerprint density at radius 3 is 2.83 bits per heavy atom. The molecule has 126 valence electrons. The van der Waals surface area contributed by atoms with Crippen molar-refractivity contribution in [2.45, 2.75) is 23.5 Å². The molecule has 2 heterocycles. The van der Waals surface area contributed by atoms with Gasteiger partial charge in [-0.05, 0) is 19.0 Å². The number of fused-ring (bicyclic) bond motifs is 6. The lowest BCUT2D eigenvalue weighted by Gasteiger charge is -2.55. The first-order chi connectivity index (χ1) is 11.5. The van der Waals surface area contributed by atoms with Crippen LogP contribution in [0, 0.1) is 5.92 Å². The summed E-state index contributed by atoms with van der Waals surface area (Å²) in [6, 6.07) is 7.05. The molecule has 5 N–H and O–H groups in total. The van der Waals surface area contributed by atoms with Crippen LogP contribution < -0.4 is 5.32 Å². The minimum absolute atomic E-state index is 0.431. The van der Waals surface area contributed by atoms with E-state index in [1.165, 1.54) is 6.08 Å². The fraction of sp³-hybridized carbons (Fsp3) is 0.389. The zero-order valence-corrected chi connectivity index (χ0v) is 13.1. The third-order valence-electron chi connectivity index (χ3n) is 5.84. The second-order valence-corrected chi connectivity index (χ2v) is 6.71. The Kier molecular flexibility index (Phi) is 3.16. The standard InChI is InChI=1S/C18H20N2O4/c1-2-18(24)12-7-8-19-15(18)13-10-5-3-4-6-11(10)20-14(13)17(12,9-21)16(22)23/h2-6,12,15,19-21,24H,1,7-9H2,(H,22,23)/t12?,15?,17-,18?/m0/s1. The molecule has 0 radical (unpaired) electrons. The van der Waals surface area contributed by atoms with Gasteiger partial charge in [-0.1, -0.05) is 24.3 Å². The largest absolute Gasteiger partial charge is 0.480 e. The fourth-order valence-corrected chi connectivity index (χ4v) is 4.70. The molecule has 0 saturated carbocycles. The van der Waals surface area contributed by atoms with E-state index in [0.717, 1.165) is 10.9 Å². The lowest BCUT2D eigenvalue weighted by Crippen LogP contribution is -2.66. The Bertz CT molecular complexity index is 845. The van der Waals surface area contributed by atoms with Crippen molar-refractivity contribution in [3.05, 3.63) is 48.2 Å². The third-order valence-corrected chi connectivity index (χ3v) is 5.84. The van der Waals surface area contributed by atoms with E-state index >= 15 is 0 Å². The van der Waals surface area contributed by atoms with Gasteiger partial charge < -0.3 is 25.6 Å². The van der Waals surface area contributed by atoms with E-state index in [4.69, 9.17) is 0 Å². The molecule has 4 atom stereocenters. The van der Waals surface area contributed by atoms with E-state index in [9.17, 15) is 20.1 Å². The van der Waals surface area contributed by atoms with Gasteiger partial charge in [0.05, 0.1) is 12.6 Å². The molecule has 2 bridgehead atoms. The van der Waals surface area contributed by atoms with Crippen LogP contribution in [0.3, 0.4) is 0 Å². The summed E-state index contributed by atoms with van der Waals surface area (Å²) in [7, 11) is 0. The third kappa shape index (κ3) is 1.58. The number of carboxylic acids is 1. The van der Waals surface area contributed by atoms with Gasteiger partial charge in [-0.15, -0.1) is 6.58 Å². The normalized spacial score (nSPS) is 34.8. The van der Waals surface area contributed by atoms with E-state index in [1.54, 1.807) is 0 Å². The zero-order valence-electron chi connectivity index (χ0n) is 13.1. The highest BCUT2D eigenvalue weighted by molar-refractivity contribution is 5.92. The second-order valence-electron chi connectivity index (χ2n) is 6.71. The van der Waals surface area contributed by atoms with Crippen molar-refractivity contribution in [3.8, 4) is 0 Å². The van der Waals surface area contributed by atoms with Gasteiger partial charge in [0, 0.05) is 28.1 Å². The number of aliphatic carboxylic acids is 1. The lowest BCUT2D eigenvalue weighted by atomic mass is 9.55. The Morgan fingerprint density at radius 1 is 1.42 bits per heavy atom. The number of aromatic amines is 1. The number of rotatable bonds is 3. The molecule has 1 saturated heterocycles. The molecule has 1 fully saturated rings. The quantitative estimate of drug-likeness (QED) is 0.542. The molecule has 2 aliphatic rings. The monoisotopic (exact) mass is 328 g/mol. The Labute approximate surface area is 138 Å². The number of aliphatic hydroxyl groups excluding tert-OH is 1. The highest BCUT2D eigenvalue weighted by Gasteiger charge is 2.64. The van der Waals surface area contributed by atoms with E-state index in [0.29, 0.717) is 24.2 Å². The van der Waals surface area contributed by atoms with E-state index in [-0.39, 0.29) is 0 Å². The maximum atomic E-state index is 12.3. The van der Waals surface area contributed by atoms with Gasteiger partial charge in [0.2, 0.25) is 0 Å². The fourth-order valence-electron chi connectivity index (χ4n) is 4.70. The van der Waals surface area contributed by atoms with E-state index < -0.39 is 35.6 Å². The Hall–Kier alpha value is -2.15. The number of piperidine rings is 1. The summed E-state index contributed by atoms with van der Waals surface area (Å²) < 4.78 is 0. The van der Waals surface area contributed by atoms with Crippen LogP contribution in [0.25, 0.3) is 10.9 Å². The van der Waals surface area contributed by atoms with Crippen LogP contribution in [0.5, 0.6) is 0 Å². The number of aliphatic hydroxyl groups is 2. The van der Waals surface area contributed by atoms with Crippen LogP contribution in [-0.2, 0) is 10.2 Å². The van der Waals surface area contributed by atoms with Crippen molar-refractivity contribution in [3.63, 3.8) is 0 Å². The van der Waals surface area contributed by atoms with Gasteiger partial charge in [-0.2, -0.15) is 0 Å². The lowest BCUT2D eigenvalue weighted by molar-refractivity contribution is -0.161. The molecule has 2 aromatic rings. The molecule has 1 aromatic heterocycles. The number of hydrogen-bond donors (Lipinski definition) is 5. The minimum atomic E-state index is -1.59. The van der Waals surface area contributed by atoms with Crippen molar-refractivity contribution >= 4 is 16.9 Å². The van der Waals surface area contributed by atoms with Crippen LogP contribution in [0.15, 0.2) is 36.9 Å². The number of H-pyrrole nitrogens is 1. The summed E-state index contributed by atoms with van der Waals surface area (Å²) in [6.45, 7) is 3.74. The number of nitrogens with one attached hydrogen (secondary N) is 2. The molecular weight excluding hydrogens is 308 g/mol. The molecule has 0 amide bonds. The van der Waals surface area contributed by atoms with Gasteiger partial charge in [0.1, 0.15) is 11.0 Å². The first-order valence-electron chi connectivity index (χ1n) is 8.05. The molecule has 1 aromatic carbocycles. The number of carboxylic acid groups (broad SMARTS) is 1. The summed E-state index contributed by atoms with van der Waals surface area (Å²) in [5, 5.41) is 35.7. The Balaban J connectivity index is 2.15. The Morgan fingerprint density at radius 2 is 2.17 bits per heavy atom. The first-order valence-corrected chi connectivity index (χ1v) is 8.05. The summed E-state index contributed by atoms with van der Waals surface area (Å²) >= 11 is 0. The van der Waals surface area contributed by atoms with Gasteiger partial charge in [-0.3, -0.25) is 4.79 Å². The van der Waals surface area contributed by atoms with E-state index in [1.807, 2.05) is 24.3 Å². The zero-order chi connectivity index (χ0) is 17.1. The number of carbonyl (C=O) groups is 1. The molecule has 0 spiro atoms. The predicted octanol–water partition coefficient (Wildman–Crippen LogP) is 1.06.